The molecule has 1 rings (SSSR count). The highest BCUT2D eigenvalue weighted by atomic mass is 35.5. The molecule has 0 radical (unpaired) electrons. The largest absolute Gasteiger partial charge is 0.508 e. The predicted octanol–water partition coefficient (Wildman–Crippen LogP) is 2.56. The second kappa shape index (κ2) is 5.03. The highest BCUT2D eigenvalue weighted by Gasteiger charge is 2.21. The molecule has 4 heteroatoms. The van der Waals surface area contributed by atoms with Gasteiger partial charge < -0.3 is 9.84 Å². The van der Waals surface area contributed by atoms with Crippen LogP contribution in [0.25, 0.3) is 0 Å². The number of halogens is 1. The van der Waals surface area contributed by atoms with E-state index in [9.17, 15) is 4.79 Å². The number of phenols is 1. The molecule has 0 amide bonds. The maximum absolute atomic E-state index is 11.4. The van der Waals surface area contributed by atoms with Crippen molar-refractivity contribution >= 4 is 17.6 Å². The van der Waals surface area contributed by atoms with Crippen LogP contribution < -0.4 is 4.74 Å². The van der Waals surface area contributed by atoms with Crippen LogP contribution in [0.1, 0.15) is 13.8 Å². The normalized spacial score (nSPS) is 12.5. The summed E-state index contributed by atoms with van der Waals surface area (Å²) in [5, 5.41) is 8.37. The van der Waals surface area contributed by atoms with Gasteiger partial charge in [-0.2, -0.15) is 0 Å². The Morgan fingerprint density at radius 2 is 1.87 bits per heavy atom. The van der Waals surface area contributed by atoms with E-state index in [0.717, 1.165) is 0 Å². The summed E-state index contributed by atoms with van der Waals surface area (Å²) in [6, 6.07) is 5.91. The molecule has 82 valence electrons. The van der Waals surface area contributed by atoms with Gasteiger partial charge in [-0.15, -0.1) is 11.6 Å². The summed E-state index contributed by atoms with van der Waals surface area (Å²) in [6.45, 7) is 3.69. The van der Waals surface area contributed by atoms with Crippen molar-refractivity contribution in [2.24, 2.45) is 5.92 Å². The van der Waals surface area contributed by atoms with Crippen LogP contribution in [0.15, 0.2) is 24.3 Å². The zero-order valence-electron chi connectivity index (χ0n) is 8.61. The zero-order chi connectivity index (χ0) is 11.4. The van der Waals surface area contributed by atoms with Gasteiger partial charge in [0.2, 0.25) is 0 Å². The molecule has 0 fully saturated rings. The van der Waals surface area contributed by atoms with Crippen LogP contribution in [-0.4, -0.2) is 16.5 Å². The van der Waals surface area contributed by atoms with E-state index < -0.39 is 11.3 Å². The number of aromatic hydroxyl groups is 1. The van der Waals surface area contributed by atoms with E-state index in [2.05, 4.69) is 0 Å². The number of hydrogen-bond acceptors (Lipinski definition) is 3. The molecule has 0 unspecified atom stereocenters. The summed E-state index contributed by atoms with van der Waals surface area (Å²) in [5.74, 6) is 0.0545. The number of carbonyl (C=O) groups is 1. The van der Waals surface area contributed by atoms with E-state index in [1.807, 2.05) is 13.8 Å². The van der Waals surface area contributed by atoms with Crippen LogP contribution in [0.5, 0.6) is 11.5 Å². The van der Waals surface area contributed by atoms with Crippen LogP contribution in [0, 0.1) is 5.92 Å². The van der Waals surface area contributed by atoms with Gasteiger partial charge in [-0.05, 0) is 30.2 Å². The van der Waals surface area contributed by atoms with Gasteiger partial charge in [0.15, 0.2) is 0 Å². The van der Waals surface area contributed by atoms with Crippen molar-refractivity contribution < 1.29 is 14.6 Å². The lowest BCUT2D eigenvalue weighted by Gasteiger charge is -2.12. The summed E-state index contributed by atoms with van der Waals surface area (Å²) in [7, 11) is 0. The van der Waals surface area contributed by atoms with E-state index in [1.165, 1.54) is 24.3 Å². The van der Waals surface area contributed by atoms with Gasteiger partial charge in [0.05, 0.1) is 0 Å². The first-order valence-corrected chi connectivity index (χ1v) is 5.09. The van der Waals surface area contributed by atoms with Gasteiger partial charge in [-0.1, -0.05) is 13.8 Å². The van der Waals surface area contributed by atoms with Crippen molar-refractivity contribution in [2.75, 3.05) is 0 Å². The van der Waals surface area contributed by atoms with Crippen LogP contribution in [0.4, 0.5) is 0 Å². The molecule has 0 aliphatic heterocycles. The highest BCUT2D eigenvalue weighted by molar-refractivity contribution is 6.30. The van der Waals surface area contributed by atoms with E-state index in [1.54, 1.807) is 0 Å². The minimum Gasteiger partial charge on any atom is -0.508 e. The van der Waals surface area contributed by atoms with Gasteiger partial charge in [0.25, 0.3) is 0 Å². The Hall–Kier alpha value is -1.22. The highest BCUT2D eigenvalue weighted by Crippen LogP contribution is 2.18. The van der Waals surface area contributed by atoms with E-state index in [4.69, 9.17) is 21.4 Å². The third-order valence-electron chi connectivity index (χ3n) is 1.87. The number of hydrogen-bond donors (Lipinski definition) is 1. The van der Waals surface area contributed by atoms with Crippen molar-refractivity contribution in [1.82, 2.24) is 0 Å². The number of rotatable bonds is 3. The Balaban J connectivity index is 2.62. The lowest BCUT2D eigenvalue weighted by atomic mass is 10.1. The summed E-state index contributed by atoms with van der Waals surface area (Å²) >= 11 is 5.82. The van der Waals surface area contributed by atoms with Gasteiger partial charge in [0, 0.05) is 0 Å². The first-order chi connectivity index (χ1) is 7.00. The minimum atomic E-state index is -0.654. The quantitative estimate of drug-likeness (QED) is 0.491. The Bertz CT molecular complexity index is 332. The van der Waals surface area contributed by atoms with Crippen molar-refractivity contribution in [1.29, 1.82) is 0 Å². The molecule has 15 heavy (non-hydrogen) atoms. The number of esters is 1. The van der Waals surface area contributed by atoms with Crippen molar-refractivity contribution in [3.63, 3.8) is 0 Å². The summed E-state index contributed by atoms with van der Waals surface area (Å²) in [5.41, 5.74) is 0. The second-order valence-electron chi connectivity index (χ2n) is 3.56. The van der Waals surface area contributed by atoms with E-state index in [-0.39, 0.29) is 11.7 Å². The van der Waals surface area contributed by atoms with Crippen LogP contribution in [-0.2, 0) is 4.79 Å². The standard InChI is InChI=1S/C11H13ClO3/c1-7(2)10(12)11(14)15-9-5-3-8(13)4-6-9/h3-7,10,13H,1-2H3/t10-/m0/s1. The Morgan fingerprint density at radius 3 is 2.33 bits per heavy atom. The molecule has 0 heterocycles. The first kappa shape index (κ1) is 11.9. The third-order valence-corrected chi connectivity index (χ3v) is 2.55. The maximum atomic E-state index is 11.4. The van der Waals surface area contributed by atoms with Gasteiger partial charge in [-0.3, -0.25) is 4.79 Å². The molecule has 0 saturated carbocycles. The molecule has 0 saturated heterocycles. The summed E-state index contributed by atoms with van der Waals surface area (Å²) < 4.78 is 5.01. The molecule has 0 aromatic heterocycles. The fourth-order valence-electron chi connectivity index (χ4n) is 0.959. The molecular formula is C11H13ClO3. The SMILES string of the molecule is CC(C)[C@H](Cl)C(=O)Oc1ccc(O)cc1. The molecule has 1 N–H and O–H groups in total. The Labute approximate surface area is 93.6 Å². The molecule has 1 aromatic rings. The number of alkyl halides is 1. The number of carbonyl (C=O) groups excluding carboxylic acids is 1. The molecule has 0 spiro atoms. The predicted molar refractivity (Wildman–Crippen MR) is 58.2 cm³/mol. The molecule has 0 bridgehead atoms. The average molecular weight is 229 g/mol. The monoisotopic (exact) mass is 228 g/mol. The van der Waals surface area contributed by atoms with Crippen LogP contribution in [0.2, 0.25) is 0 Å². The molecule has 1 atom stereocenters. The maximum Gasteiger partial charge on any atom is 0.329 e. The number of benzene rings is 1. The fourth-order valence-corrected chi connectivity index (χ4v) is 1.00. The lowest BCUT2D eigenvalue weighted by molar-refractivity contribution is -0.134. The van der Waals surface area contributed by atoms with Crippen molar-refractivity contribution in [2.45, 2.75) is 19.2 Å². The first-order valence-electron chi connectivity index (χ1n) is 4.65. The van der Waals surface area contributed by atoms with Gasteiger partial charge >= 0.3 is 5.97 Å². The smallest absolute Gasteiger partial charge is 0.329 e. The second-order valence-corrected chi connectivity index (χ2v) is 4.03. The topological polar surface area (TPSA) is 46.5 Å². The summed E-state index contributed by atoms with van der Waals surface area (Å²) in [6.07, 6.45) is 0. The minimum absolute atomic E-state index is 0.0243. The number of phenolic OH excluding ortho intramolecular Hbond substituents is 1. The summed E-state index contributed by atoms with van der Waals surface area (Å²) in [4.78, 5) is 11.4. The molecule has 0 aliphatic rings. The Morgan fingerprint density at radius 1 is 1.33 bits per heavy atom. The van der Waals surface area contributed by atoms with Crippen LogP contribution in [0.3, 0.4) is 0 Å². The van der Waals surface area contributed by atoms with Gasteiger partial charge in [0.1, 0.15) is 16.9 Å². The van der Waals surface area contributed by atoms with Crippen LogP contribution >= 0.6 is 11.6 Å². The van der Waals surface area contributed by atoms with E-state index >= 15 is 0 Å². The fraction of sp³-hybridized carbons (Fsp3) is 0.364. The van der Waals surface area contributed by atoms with E-state index in [0.29, 0.717) is 5.75 Å². The molecule has 0 aliphatic carbocycles. The van der Waals surface area contributed by atoms with Gasteiger partial charge in [-0.25, -0.2) is 0 Å². The number of ether oxygens (including phenoxy) is 1. The lowest BCUT2D eigenvalue weighted by Crippen LogP contribution is -2.25. The molecular weight excluding hydrogens is 216 g/mol. The molecule has 3 nitrogen and oxygen atoms in total. The third kappa shape index (κ3) is 3.44. The zero-order valence-corrected chi connectivity index (χ0v) is 9.36. The van der Waals surface area contributed by atoms with Crippen molar-refractivity contribution in [3.05, 3.63) is 24.3 Å². The Kier molecular flexibility index (Phi) is 3.97. The molecule has 1 aromatic carbocycles. The average Bonchev–Trinajstić information content (AvgIpc) is 2.20. The van der Waals surface area contributed by atoms with Crippen molar-refractivity contribution in [3.8, 4) is 11.5 Å².